The highest BCUT2D eigenvalue weighted by Gasteiger charge is 2.19. The molecular weight excluding hydrogens is 254 g/mol. The third kappa shape index (κ3) is 2.94. The molecule has 0 aliphatic carbocycles. The van der Waals surface area contributed by atoms with Gasteiger partial charge in [-0.15, -0.1) is 0 Å². The largest absolute Gasteiger partial charge is 0.466 e. The van der Waals surface area contributed by atoms with Gasteiger partial charge in [-0.1, -0.05) is 6.42 Å². The molecule has 2 aromatic rings. The van der Waals surface area contributed by atoms with Gasteiger partial charge in [0, 0.05) is 25.5 Å². The van der Waals surface area contributed by atoms with E-state index in [0.717, 1.165) is 13.1 Å². The highest BCUT2D eigenvalue weighted by molar-refractivity contribution is 5.12. The second-order valence-electron chi connectivity index (χ2n) is 5.30. The maximum atomic E-state index is 10.3. The summed E-state index contributed by atoms with van der Waals surface area (Å²) in [5, 5.41) is 10.3. The molecule has 5 nitrogen and oxygen atoms in total. The Morgan fingerprint density at radius 2 is 2.10 bits per heavy atom. The van der Waals surface area contributed by atoms with Gasteiger partial charge in [0.05, 0.1) is 6.26 Å². The number of piperidine rings is 1. The molecular formula is C15H21N3O2. The third-order valence-corrected chi connectivity index (χ3v) is 3.91. The topological polar surface area (TPSA) is 54.4 Å². The molecule has 1 atom stereocenters. The minimum Gasteiger partial charge on any atom is -0.466 e. The second-order valence-corrected chi connectivity index (χ2v) is 5.30. The van der Waals surface area contributed by atoms with Crippen molar-refractivity contribution < 1.29 is 9.52 Å². The van der Waals surface area contributed by atoms with Gasteiger partial charge in [-0.3, -0.25) is 0 Å². The van der Waals surface area contributed by atoms with Crippen molar-refractivity contribution in [2.45, 2.75) is 31.9 Å². The lowest BCUT2D eigenvalue weighted by atomic mass is 10.1. The summed E-state index contributed by atoms with van der Waals surface area (Å²) in [7, 11) is 0. The highest BCUT2D eigenvalue weighted by atomic mass is 16.4. The molecule has 0 radical (unpaired) electrons. The molecule has 1 aliphatic rings. The minimum absolute atomic E-state index is 0.537. The predicted molar refractivity (Wildman–Crippen MR) is 75.3 cm³/mol. The van der Waals surface area contributed by atoms with Crippen LogP contribution < -0.4 is 0 Å². The Balaban J connectivity index is 1.64. The van der Waals surface area contributed by atoms with Gasteiger partial charge in [0.25, 0.3) is 0 Å². The third-order valence-electron chi connectivity index (χ3n) is 3.91. The lowest BCUT2D eigenvalue weighted by Crippen LogP contribution is -2.32. The number of hydrogen-bond donors (Lipinski definition) is 1. The molecule has 5 heteroatoms. The summed E-state index contributed by atoms with van der Waals surface area (Å²) in [4.78, 5) is 6.75. The van der Waals surface area contributed by atoms with Gasteiger partial charge in [-0.25, -0.2) is 4.98 Å². The van der Waals surface area contributed by atoms with Gasteiger partial charge in [0.2, 0.25) is 0 Å². The number of aromatic nitrogens is 2. The van der Waals surface area contributed by atoms with Crippen LogP contribution in [-0.4, -0.2) is 39.2 Å². The summed E-state index contributed by atoms with van der Waals surface area (Å²) in [5.41, 5.74) is 0. The number of hydrogen-bond acceptors (Lipinski definition) is 4. The zero-order chi connectivity index (χ0) is 13.8. The molecule has 1 N–H and O–H groups in total. The molecule has 3 rings (SSSR count). The Morgan fingerprint density at radius 3 is 2.85 bits per heavy atom. The number of rotatable bonds is 5. The summed E-state index contributed by atoms with van der Waals surface area (Å²) in [6, 6.07) is 3.55. The summed E-state index contributed by atoms with van der Waals surface area (Å²) in [6.07, 6.45) is 8.38. The van der Waals surface area contributed by atoms with Gasteiger partial charge in [0.15, 0.2) is 6.10 Å². The van der Waals surface area contributed by atoms with Crippen molar-refractivity contribution in [1.82, 2.24) is 14.5 Å². The first-order chi connectivity index (χ1) is 9.84. The Hall–Kier alpha value is -1.59. The first kappa shape index (κ1) is 13.4. The van der Waals surface area contributed by atoms with E-state index in [0.29, 0.717) is 11.6 Å². The van der Waals surface area contributed by atoms with Crippen LogP contribution in [0, 0.1) is 0 Å². The molecule has 108 valence electrons. The van der Waals surface area contributed by atoms with Crippen molar-refractivity contribution in [3.8, 4) is 0 Å². The Morgan fingerprint density at radius 1 is 1.25 bits per heavy atom. The zero-order valence-corrected chi connectivity index (χ0v) is 11.6. The van der Waals surface area contributed by atoms with Gasteiger partial charge in [-0.05, 0) is 38.1 Å². The van der Waals surface area contributed by atoms with Gasteiger partial charge >= 0.3 is 0 Å². The Labute approximate surface area is 118 Å². The molecule has 1 fully saturated rings. The lowest BCUT2D eigenvalue weighted by molar-refractivity contribution is 0.171. The molecule has 20 heavy (non-hydrogen) atoms. The lowest BCUT2D eigenvalue weighted by Gasteiger charge is -2.26. The Kier molecular flexibility index (Phi) is 4.18. The van der Waals surface area contributed by atoms with Crippen LogP contribution in [0.2, 0.25) is 0 Å². The monoisotopic (exact) mass is 275 g/mol. The summed E-state index contributed by atoms with van der Waals surface area (Å²) >= 11 is 0. The van der Waals surface area contributed by atoms with Crippen LogP contribution in [0.4, 0.5) is 0 Å². The normalized spacial score (nSPS) is 18.2. The molecule has 0 saturated carbocycles. The molecule has 0 spiro atoms. The maximum Gasteiger partial charge on any atom is 0.169 e. The average Bonchev–Trinajstić information content (AvgIpc) is 3.17. The maximum absolute atomic E-state index is 10.3. The minimum atomic E-state index is -0.790. The molecule has 1 saturated heterocycles. The molecule has 0 aromatic carbocycles. The first-order valence-electron chi connectivity index (χ1n) is 7.29. The van der Waals surface area contributed by atoms with Crippen LogP contribution in [0.3, 0.4) is 0 Å². The van der Waals surface area contributed by atoms with Crippen LogP contribution >= 0.6 is 0 Å². The van der Waals surface area contributed by atoms with E-state index < -0.39 is 6.10 Å². The van der Waals surface area contributed by atoms with Crippen molar-refractivity contribution in [2.75, 3.05) is 19.6 Å². The van der Waals surface area contributed by atoms with E-state index in [9.17, 15) is 5.11 Å². The summed E-state index contributed by atoms with van der Waals surface area (Å²) < 4.78 is 7.27. The van der Waals surface area contributed by atoms with Crippen LogP contribution in [0.25, 0.3) is 0 Å². The van der Waals surface area contributed by atoms with Gasteiger partial charge in [0.1, 0.15) is 11.6 Å². The quantitative estimate of drug-likeness (QED) is 0.907. The number of aliphatic hydroxyl groups excluding tert-OH is 1. The van der Waals surface area contributed by atoms with Gasteiger partial charge in [-0.2, -0.15) is 0 Å². The van der Waals surface area contributed by atoms with Crippen LogP contribution in [-0.2, 0) is 6.54 Å². The van der Waals surface area contributed by atoms with Crippen molar-refractivity contribution in [2.24, 2.45) is 0 Å². The van der Waals surface area contributed by atoms with Crippen molar-refractivity contribution in [1.29, 1.82) is 0 Å². The van der Waals surface area contributed by atoms with Crippen molar-refractivity contribution in [3.05, 3.63) is 42.4 Å². The number of furan rings is 1. The molecule has 2 aromatic heterocycles. The smallest absolute Gasteiger partial charge is 0.169 e. The number of likely N-dealkylation sites (tertiary alicyclic amines) is 1. The first-order valence-corrected chi connectivity index (χ1v) is 7.29. The number of imidazole rings is 1. The second kappa shape index (κ2) is 6.24. The van der Waals surface area contributed by atoms with Crippen LogP contribution in [0.1, 0.15) is 37.0 Å². The number of nitrogens with zero attached hydrogens (tertiary/aromatic N) is 3. The molecule has 1 unspecified atom stereocenters. The SMILES string of the molecule is OC(c1ccco1)c1nccn1CCN1CCCCC1. The molecule has 1 aliphatic heterocycles. The Bertz CT molecular complexity index is 515. The fourth-order valence-corrected chi connectivity index (χ4v) is 2.76. The highest BCUT2D eigenvalue weighted by Crippen LogP contribution is 2.20. The predicted octanol–water partition coefficient (Wildman–Crippen LogP) is 2.04. The summed E-state index contributed by atoms with van der Waals surface area (Å²) in [5.74, 6) is 1.19. The van der Waals surface area contributed by atoms with Crippen LogP contribution in [0.15, 0.2) is 35.2 Å². The molecule has 0 amide bonds. The van der Waals surface area contributed by atoms with E-state index in [1.165, 1.54) is 32.4 Å². The zero-order valence-electron chi connectivity index (χ0n) is 11.6. The van der Waals surface area contributed by atoms with E-state index in [1.54, 1.807) is 24.6 Å². The summed E-state index contributed by atoms with van der Waals surface area (Å²) in [6.45, 7) is 4.23. The van der Waals surface area contributed by atoms with E-state index in [1.807, 2.05) is 10.8 Å². The van der Waals surface area contributed by atoms with E-state index in [-0.39, 0.29) is 0 Å². The van der Waals surface area contributed by atoms with E-state index in [4.69, 9.17) is 4.42 Å². The van der Waals surface area contributed by atoms with E-state index in [2.05, 4.69) is 9.88 Å². The van der Waals surface area contributed by atoms with Crippen molar-refractivity contribution in [3.63, 3.8) is 0 Å². The number of aliphatic hydroxyl groups is 1. The average molecular weight is 275 g/mol. The van der Waals surface area contributed by atoms with Gasteiger partial charge < -0.3 is 19.0 Å². The fourth-order valence-electron chi connectivity index (χ4n) is 2.76. The molecule has 0 bridgehead atoms. The standard InChI is InChI=1S/C15H21N3O2/c19-14(13-5-4-12-20-13)15-16-6-9-18(15)11-10-17-7-2-1-3-8-17/h4-6,9,12,14,19H,1-3,7-8,10-11H2. The van der Waals surface area contributed by atoms with Crippen molar-refractivity contribution >= 4 is 0 Å². The molecule has 3 heterocycles. The fraction of sp³-hybridized carbons (Fsp3) is 0.533. The van der Waals surface area contributed by atoms with E-state index >= 15 is 0 Å². The van der Waals surface area contributed by atoms with Crippen LogP contribution in [0.5, 0.6) is 0 Å².